The number of likely N-dealkylation sites (tertiary alicyclic amines) is 1. The Morgan fingerprint density at radius 3 is 2.89 bits per heavy atom. The first-order valence-electron chi connectivity index (χ1n) is 6.62. The van der Waals surface area contributed by atoms with Gasteiger partial charge in [0.15, 0.2) is 0 Å². The topological polar surface area (TPSA) is 28.2 Å². The third-order valence-electron chi connectivity index (χ3n) is 3.77. The molecule has 0 bridgehead atoms. The van der Waals surface area contributed by atoms with E-state index >= 15 is 0 Å². The molecule has 1 aliphatic rings. The molecular weight excluding hydrogens is 229 g/mol. The fraction of sp³-hybridized carbons (Fsp3) is 0.643. The average molecular weight is 251 g/mol. The highest BCUT2D eigenvalue weighted by Gasteiger charge is 2.25. The summed E-state index contributed by atoms with van der Waals surface area (Å²) in [4.78, 5) is 6.50. The van der Waals surface area contributed by atoms with E-state index < -0.39 is 0 Å². The molecule has 0 aliphatic carbocycles. The molecule has 100 valence electrons. The molecule has 0 aromatic carbocycles. The van der Waals surface area contributed by atoms with Crippen LogP contribution in [0.2, 0.25) is 0 Å². The van der Waals surface area contributed by atoms with Gasteiger partial charge >= 0.3 is 0 Å². The van der Waals surface area contributed by atoms with Gasteiger partial charge in [-0.2, -0.15) is 0 Å². The van der Waals surface area contributed by atoms with E-state index in [1.54, 1.807) is 6.07 Å². The second kappa shape index (κ2) is 5.76. The zero-order valence-electron chi connectivity index (χ0n) is 11.4. The Labute approximate surface area is 108 Å². The number of pyridine rings is 1. The maximum atomic E-state index is 12.8. The molecule has 2 rings (SSSR count). The lowest BCUT2D eigenvalue weighted by Crippen LogP contribution is -2.47. The normalized spacial score (nSPS) is 27.1. The van der Waals surface area contributed by atoms with Gasteiger partial charge in [0.05, 0.1) is 11.9 Å². The van der Waals surface area contributed by atoms with E-state index in [9.17, 15) is 4.39 Å². The number of rotatable bonds is 3. The molecule has 4 heteroatoms. The summed E-state index contributed by atoms with van der Waals surface area (Å²) in [6, 6.07) is 3.91. The zero-order valence-corrected chi connectivity index (χ0v) is 11.4. The average Bonchev–Trinajstić information content (AvgIpc) is 2.33. The van der Waals surface area contributed by atoms with Crippen LogP contribution < -0.4 is 5.32 Å². The monoisotopic (exact) mass is 251 g/mol. The van der Waals surface area contributed by atoms with Crippen molar-refractivity contribution in [2.45, 2.75) is 32.4 Å². The van der Waals surface area contributed by atoms with E-state index in [0.29, 0.717) is 12.0 Å². The molecule has 0 spiro atoms. The quantitative estimate of drug-likeness (QED) is 0.892. The molecule has 2 heterocycles. The van der Waals surface area contributed by atoms with Crippen molar-refractivity contribution < 1.29 is 4.39 Å². The van der Waals surface area contributed by atoms with Crippen LogP contribution in [0.25, 0.3) is 0 Å². The van der Waals surface area contributed by atoms with Crippen molar-refractivity contribution in [3.8, 4) is 0 Å². The Balaban J connectivity index is 1.94. The lowest BCUT2D eigenvalue weighted by Gasteiger charge is -2.36. The van der Waals surface area contributed by atoms with E-state index in [4.69, 9.17) is 0 Å². The minimum absolute atomic E-state index is 0.168. The first kappa shape index (κ1) is 13.4. The number of halogens is 1. The Bertz CT molecular complexity index is 379. The highest BCUT2D eigenvalue weighted by atomic mass is 19.1. The third kappa shape index (κ3) is 3.27. The van der Waals surface area contributed by atoms with Crippen molar-refractivity contribution >= 4 is 0 Å². The van der Waals surface area contributed by atoms with E-state index in [-0.39, 0.29) is 11.9 Å². The minimum Gasteiger partial charge on any atom is -0.306 e. The van der Waals surface area contributed by atoms with E-state index in [2.05, 4.69) is 36.1 Å². The molecule has 3 nitrogen and oxygen atoms in total. The summed E-state index contributed by atoms with van der Waals surface area (Å²) >= 11 is 0. The molecule has 3 unspecified atom stereocenters. The largest absolute Gasteiger partial charge is 0.306 e. The van der Waals surface area contributed by atoms with Crippen molar-refractivity contribution in [1.29, 1.82) is 0 Å². The molecule has 3 atom stereocenters. The lowest BCUT2D eigenvalue weighted by atomic mass is 9.93. The van der Waals surface area contributed by atoms with Crippen molar-refractivity contribution in [3.63, 3.8) is 0 Å². The second-order valence-electron chi connectivity index (χ2n) is 5.42. The molecule has 1 saturated heterocycles. The van der Waals surface area contributed by atoms with Crippen LogP contribution in [-0.4, -0.2) is 36.1 Å². The van der Waals surface area contributed by atoms with Crippen LogP contribution in [-0.2, 0) is 0 Å². The van der Waals surface area contributed by atoms with E-state index in [1.165, 1.54) is 12.3 Å². The summed E-state index contributed by atoms with van der Waals surface area (Å²) in [6.45, 7) is 6.62. The molecule has 1 fully saturated rings. The standard InChI is InChI=1S/C14H22FN3/c1-10-9-18(3)7-6-13(10)17-11(2)14-5-4-12(15)8-16-14/h4-5,8,10-11,13,17H,6-7,9H2,1-3H3. The van der Waals surface area contributed by atoms with Crippen molar-refractivity contribution in [1.82, 2.24) is 15.2 Å². The summed E-state index contributed by atoms with van der Waals surface area (Å²) < 4.78 is 12.8. The smallest absolute Gasteiger partial charge is 0.141 e. The second-order valence-corrected chi connectivity index (χ2v) is 5.42. The molecule has 1 aliphatic heterocycles. The summed E-state index contributed by atoms with van der Waals surface area (Å²) in [6.07, 6.45) is 2.44. The maximum Gasteiger partial charge on any atom is 0.141 e. The van der Waals surface area contributed by atoms with Crippen LogP contribution in [0.15, 0.2) is 18.3 Å². The Kier molecular flexibility index (Phi) is 4.30. The SMILES string of the molecule is CC(NC1CCN(C)CC1C)c1ccc(F)cn1. The molecule has 0 amide bonds. The summed E-state index contributed by atoms with van der Waals surface area (Å²) in [5.41, 5.74) is 0.905. The predicted molar refractivity (Wildman–Crippen MR) is 70.8 cm³/mol. The number of aromatic nitrogens is 1. The number of hydrogen-bond donors (Lipinski definition) is 1. The van der Waals surface area contributed by atoms with Crippen molar-refractivity contribution in [2.24, 2.45) is 5.92 Å². The predicted octanol–water partition coefficient (Wildman–Crippen LogP) is 2.21. The minimum atomic E-state index is -0.279. The van der Waals surface area contributed by atoms with Crippen LogP contribution in [0.1, 0.15) is 32.0 Å². The molecule has 1 N–H and O–H groups in total. The van der Waals surface area contributed by atoms with Crippen molar-refractivity contribution in [3.05, 3.63) is 29.8 Å². The molecule has 0 saturated carbocycles. The Morgan fingerprint density at radius 2 is 2.28 bits per heavy atom. The van der Waals surface area contributed by atoms with Crippen LogP contribution in [0.4, 0.5) is 4.39 Å². The molecule has 1 aromatic rings. The van der Waals surface area contributed by atoms with E-state index in [0.717, 1.165) is 25.2 Å². The first-order chi connectivity index (χ1) is 8.56. The number of nitrogens with zero attached hydrogens (tertiary/aromatic N) is 2. The Morgan fingerprint density at radius 1 is 1.50 bits per heavy atom. The van der Waals surface area contributed by atoms with Gasteiger partial charge in [0.2, 0.25) is 0 Å². The Hall–Kier alpha value is -1.00. The van der Waals surface area contributed by atoms with Gasteiger partial charge in [0, 0.05) is 18.6 Å². The van der Waals surface area contributed by atoms with Gasteiger partial charge in [-0.3, -0.25) is 4.98 Å². The molecule has 18 heavy (non-hydrogen) atoms. The van der Waals surface area contributed by atoms with Gasteiger partial charge in [0.1, 0.15) is 5.82 Å². The van der Waals surface area contributed by atoms with Crippen LogP contribution in [0, 0.1) is 11.7 Å². The van der Waals surface area contributed by atoms with Crippen LogP contribution in [0.3, 0.4) is 0 Å². The van der Waals surface area contributed by atoms with Gasteiger partial charge in [-0.05, 0) is 45.0 Å². The van der Waals surface area contributed by atoms with Gasteiger partial charge in [-0.25, -0.2) is 4.39 Å². The molecular formula is C14H22FN3. The number of hydrogen-bond acceptors (Lipinski definition) is 3. The number of nitrogens with one attached hydrogen (secondary N) is 1. The summed E-state index contributed by atoms with van der Waals surface area (Å²) in [7, 11) is 2.16. The van der Waals surface area contributed by atoms with Crippen molar-refractivity contribution in [2.75, 3.05) is 20.1 Å². The third-order valence-corrected chi connectivity index (χ3v) is 3.77. The van der Waals surface area contributed by atoms with Gasteiger partial charge < -0.3 is 10.2 Å². The van der Waals surface area contributed by atoms with E-state index in [1.807, 2.05) is 0 Å². The van der Waals surface area contributed by atoms with Crippen LogP contribution in [0.5, 0.6) is 0 Å². The fourth-order valence-electron chi connectivity index (χ4n) is 2.65. The van der Waals surface area contributed by atoms with Crippen LogP contribution >= 0.6 is 0 Å². The first-order valence-corrected chi connectivity index (χ1v) is 6.62. The highest BCUT2D eigenvalue weighted by Crippen LogP contribution is 2.19. The molecule has 1 aromatic heterocycles. The maximum absolute atomic E-state index is 12.8. The summed E-state index contributed by atoms with van der Waals surface area (Å²) in [5.74, 6) is 0.352. The van der Waals surface area contributed by atoms with Gasteiger partial charge in [-0.15, -0.1) is 0 Å². The molecule has 0 radical (unpaired) electrons. The summed E-state index contributed by atoms with van der Waals surface area (Å²) in [5, 5.41) is 3.61. The lowest BCUT2D eigenvalue weighted by molar-refractivity contribution is 0.167. The van der Waals surface area contributed by atoms with Gasteiger partial charge in [-0.1, -0.05) is 6.92 Å². The van der Waals surface area contributed by atoms with Gasteiger partial charge in [0.25, 0.3) is 0 Å². The highest BCUT2D eigenvalue weighted by molar-refractivity contribution is 5.09. The number of piperidine rings is 1. The fourth-order valence-corrected chi connectivity index (χ4v) is 2.65. The zero-order chi connectivity index (χ0) is 13.1.